The molecule has 1 aromatic heterocycles. The highest BCUT2D eigenvalue weighted by Crippen LogP contribution is 2.40. The number of methoxy groups -OCH3 is 1. The lowest BCUT2D eigenvalue weighted by Crippen LogP contribution is -2.08. The van der Waals surface area contributed by atoms with Gasteiger partial charge in [-0.2, -0.15) is 4.98 Å². The van der Waals surface area contributed by atoms with Gasteiger partial charge in [-0.05, 0) is 37.8 Å². The molecule has 0 saturated heterocycles. The summed E-state index contributed by atoms with van der Waals surface area (Å²) in [6.45, 7) is 0. The van der Waals surface area contributed by atoms with Gasteiger partial charge in [-0.25, -0.2) is 4.98 Å². The maximum Gasteiger partial charge on any atom is 0.225 e. The van der Waals surface area contributed by atoms with E-state index in [0.717, 1.165) is 28.9 Å². The van der Waals surface area contributed by atoms with E-state index in [1.54, 1.807) is 7.11 Å². The summed E-state index contributed by atoms with van der Waals surface area (Å²) < 4.78 is 5.26. The molecule has 0 radical (unpaired) electrons. The van der Waals surface area contributed by atoms with Gasteiger partial charge in [0.1, 0.15) is 11.6 Å². The predicted octanol–water partition coefficient (Wildman–Crippen LogP) is 3.68. The van der Waals surface area contributed by atoms with Crippen LogP contribution in [0.3, 0.4) is 0 Å². The van der Waals surface area contributed by atoms with Crippen LogP contribution in [-0.2, 0) is 0 Å². The summed E-state index contributed by atoms with van der Waals surface area (Å²) in [5, 5.41) is 6.77. The number of nitrogens with one attached hydrogen (secondary N) is 2. The van der Waals surface area contributed by atoms with Crippen LogP contribution in [0.2, 0.25) is 0 Å². The van der Waals surface area contributed by atoms with Crippen LogP contribution < -0.4 is 15.4 Å². The monoisotopic (exact) mass is 296 g/mol. The summed E-state index contributed by atoms with van der Waals surface area (Å²) in [5.41, 5.74) is 2.11. The zero-order valence-corrected chi connectivity index (χ0v) is 12.7. The highest BCUT2D eigenvalue weighted by molar-refractivity contribution is 5.60. The first-order valence-corrected chi connectivity index (χ1v) is 7.87. The van der Waals surface area contributed by atoms with E-state index < -0.39 is 0 Å². The quantitative estimate of drug-likeness (QED) is 0.851. The number of ether oxygens (including phenoxy) is 1. The summed E-state index contributed by atoms with van der Waals surface area (Å²) in [5.74, 6) is 3.03. The molecular weight excluding hydrogens is 276 g/mol. The molecule has 114 valence electrons. The van der Waals surface area contributed by atoms with Crippen molar-refractivity contribution in [1.29, 1.82) is 0 Å². The molecule has 0 spiro atoms. The number of anilines is 3. The Labute approximate surface area is 130 Å². The van der Waals surface area contributed by atoms with Crippen molar-refractivity contribution in [2.24, 2.45) is 0 Å². The molecule has 0 aliphatic heterocycles. The van der Waals surface area contributed by atoms with Gasteiger partial charge in [0, 0.05) is 29.8 Å². The van der Waals surface area contributed by atoms with Gasteiger partial charge in [0.2, 0.25) is 5.95 Å². The first kappa shape index (κ1) is 13.4. The number of hydrogen-bond acceptors (Lipinski definition) is 5. The van der Waals surface area contributed by atoms with E-state index in [1.165, 1.54) is 25.7 Å². The molecule has 2 saturated carbocycles. The van der Waals surface area contributed by atoms with Crippen LogP contribution in [-0.4, -0.2) is 23.1 Å². The molecule has 5 heteroatoms. The smallest absolute Gasteiger partial charge is 0.225 e. The topological polar surface area (TPSA) is 59.1 Å². The maximum absolute atomic E-state index is 5.26. The molecule has 2 aromatic rings. The van der Waals surface area contributed by atoms with Crippen LogP contribution >= 0.6 is 0 Å². The molecule has 5 nitrogen and oxygen atoms in total. The number of nitrogens with zero attached hydrogens (tertiary/aromatic N) is 2. The van der Waals surface area contributed by atoms with Gasteiger partial charge in [0.15, 0.2) is 0 Å². The van der Waals surface area contributed by atoms with Crippen molar-refractivity contribution < 1.29 is 4.74 Å². The minimum Gasteiger partial charge on any atom is -0.497 e. The van der Waals surface area contributed by atoms with Crippen molar-refractivity contribution >= 4 is 17.5 Å². The third kappa shape index (κ3) is 3.13. The van der Waals surface area contributed by atoms with Crippen LogP contribution in [0.25, 0.3) is 0 Å². The zero-order valence-electron chi connectivity index (χ0n) is 12.7. The molecule has 0 unspecified atom stereocenters. The second kappa shape index (κ2) is 5.48. The highest BCUT2D eigenvalue weighted by atomic mass is 16.5. The van der Waals surface area contributed by atoms with Gasteiger partial charge in [-0.15, -0.1) is 0 Å². The lowest BCUT2D eigenvalue weighted by molar-refractivity contribution is 0.415. The van der Waals surface area contributed by atoms with Crippen molar-refractivity contribution in [3.63, 3.8) is 0 Å². The van der Waals surface area contributed by atoms with Crippen LogP contribution in [0.15, 0.2) is 30.3 Å². The maximum atomic E-state index is 5.26. The fraction of sp³-hybridized carbons (Fsp3) is 0.412. The Balaban J connectivity index is 1.59. The third-order valence-electron chi connectivity index (χ3n) is 3.99. The summed E-state index contributed by atoms with van der Waals surface area (Å²) in [4.78, 5) is 9.26. The molecule has 0 bridgehead atoms. The molecule has 2 N–H and O–H groups in total. The van der Waals surface area contributed by atoms with Gasteiger partial charge >= 0.3 is 0 Å². The average Bonchev–Trinajstić information content (AvgIpc) is 3.40. The van der Waals surface area contributed by atoms with Gasteiger partial charge in [-0.1, -0.05) is 6.07 Å². The zero-order chi connectivity index (χ0) is 14.9. The SMILES string of the molecule is COc1cccc(Nc2cc(C3CC3)nc(NC3CC3)n2)c1. The van der Waals surface area contributed by atoms with Crippen LogP contribution in [0.1, 0.15) is 37.3 Å². The first-order chi connectivity index (χ1) is 10.8. The average molecular weight is 296 g/mol. The molecule has 2 aliphatic carbocycles. The Morgan fingerprint density at radius 3 is 2.68 bits per heavy atom. The van der Waals surface area contributed by atoms with Gasteiger partial charge in [-0.3, -0.25) is 0 Å². The molecule has 1 heterocycles. The standard InChI is InChI=1S/C17H20N4O/c1-22-14-4-2-3-13(9-14)18-16-10-15(11-5-6-11)20-17(21-16)19-12-7-8-12/h2-4,9-12H,5-8H2,1H3,(H2,18,19,20,21). The van der Waals surface area contributed by atoms with Crippen LogP contribution in [0.5, 0.6) is 5.75 Å². The Bertz CT molecular complexity index is 680. The Morgan fingerprint density at radius 2 is 1.95 bits per heavy atom. The number of benzene rings is 1. The van der Waals surface area contributed by atoms with Crippen molar-refractivity contribution in [3.05, 3.63) is 36.0 Å². The van der Waals surface area contributed by atoms with Crippen molar-refractivity contribution in [2.45, 2.75) is 37.6 Å². The van der Waals surface area contributed by atoms with Crippen molar-refractivity contribution in [2.75, 3.05) is 17.7 Å². The minimum atomic E-state index is 0.555. The predicted molar refractivity (Wildman–Crippen MR) is 86.9 cm³/mol. The summed E-state index contributed by atoms with van der Waals surface area (Å²) >= 11 is 0. The fourth-order valence-corrected chi connectivity index (χ4v) is 2.44. The van der Waals surface area contributed by atoms with E-state index in [2.05, 4.69) is 26.7 Å². The molecule has 2 aliphatic rings. The van der Waals surface area contributed by atoms with Crippen molar-refractivity contribution in [3.8, 4) is 5.75 Å². The number of aromatic nitrogens is 2. The van der Waals surface area contributed by atoms with E-state index >= 15 is 0 Å². The molecule has 22 heavy (non-hydrogen) atoms. The van der Waals surface area contributed by atoms with Gasteiger partial charge in [0.25, 0.3) is 0 Å². The lowest BCUT2D eigenvalue weighted by Gasteiger charge is -2.11. The van der Waals surface area contributed by atoms with Crippen LogP contribution in [0.4, 0.5) is 17.5 Å². The van der Waals surface area contributed by atoms with E-state index in [-0.39, 0.29) is 0 Å². The lowest BCUT2D eigenvalue weighted by atomic mass is 10.2. The molecule has 4 rings (SSSR count). The minimum absolute atomic E-state index is 0.555. The van der Waals surface area contributed by atoms with E-state index in [4.69, 9.17) is 4.74 Å². The largest absolute Gasteiger partial charge is 0.497 e. The third-order valence-corrected chi connectivity index (χ3v) is 3.99. The molecule has 0 amide bonds. The molecular formula is C17H20N4O. The fourth-order valence-electron chi connectivity index (χ4n) is 2.44. The summed E-state index contributed by atoms with van der Waals surface area (Å²) in [7, 11) is 1.67. The first-order valence-electron chi connectivity index (χ1n) is 7.87. The van der Waals surface area contributed by atoms with E-state index in [9.17, 15) is 0 Å². The molecule has 1 aromatic carbocycles. The second-order valence-corrected chi connectivity index (χ2v) is 6.05. The summed E-state index contributed by atoms with van der Waals surface area (Å²) in [6, 6.07) is 10.5. The second-order valence-electron chi connectivity index (χ2n) is 6.05. The van der Waals surface area contributed by atoms with Crippen LogP contribution in [0, 0.1) is 0 Å². The summed E-state index contributed by atoms with van der Waals surface area (Å²) in [6.07, 6.45) is 4.91. The van der Waals surface area contributed by atoms with Gasteiger partial charge in [0.05, 0.1) is 12.8 Å². The molecule has 2 fully saturated rings. The number of rotatable bonds is 6. The Morgan fingerprint density at radius 1 is 1.09 bits per heavy atom. The number of hydrogen-bond donors (Lipinski definition) is 2. The van der Waals surface area contributed by atoms with E-state index in [1.807, 2.05) is 24.3 Å². The Kier molecular flexibility index (Phi) is 3.33. The molecule has 0 atom stereocenters. The van der Waals surface area contributed by atoms with Crippen molar-refractivity contribution in [1.82, 2.24) is 9.97 Å². The normalized spacial score (nSPS) is 17.1. The highest BCUT2D eigenvalue weighted by Gasteiger charge is 2.27. The Hall–Kier alpha value is -2.30. The van der Waals surface area contributed by atoms with E-state index in [0.29, 0.717) is 12.0 Å². The van der Waals surface area contributed by atoms with Gasteiger partial charge < -0.3 is 15.4 Å².